The molecule has 1 aliphatic carbocycles. The molecule has 0 bridgehead atoms. The Balaban J connectivity index is 1.49. The van der Waals surface area contributed by atoms with E-state index in [1.165, 1.54) is 12.1 Å². The van der Waals surface area contributed by atoms with E-state index in [-0.39, 0.29) is 23.9 Å². The number of rotatable bonds is 6. The van der Waals surface area contributed by atoms with Gasteiger partial charge in [-0.3, -0.25) is 5.32 Å². The number of carbonyl (C=O) groups is 1. The third kappa shape index (κ3) is 5.80. The van der Waals surface area contributed by atoms with Crippen molar-refractivity contribution in [2.24, 2.45) is 22.1 Å². The average molecular weight is 401 g/mol. The van der Waals surface area contributed by atoms with Crippen LogP contribution in [0.4, 0.5) is 13.6 Å². The fraction of sp³-hybridized carbons (Fsp3) is 0.381. The summed E-state index contributed by atoms with van der Waals surface area (Å²) in [5, 5.41) is 16.6. The van der Waals surface area contributed by atoms with Crippen LogP contribution in [0.1, 0.15) is 19.4 Å². The Morgan fingerprint density at radius 2 is 2.03 bits per heavy atom. The summed E-state index contributed by atoms with van der Waals surface area (Å²) in [6.45, 7) is 5.61. The van der Waals surface area contributed by atoms with E-state index in [1.54, 1.807) is 0 Å². The van der Waals surface area contributed by atoms with Crippen LogP contribution in [0.25, 0.3) is 5.57 Å². The van der Waals surface area contributed by atoms with Crippen LogP contribution >= 0.6 is 0 Å². The molecule has 6 nitrogen and oxygen atoms in total. The van der Waals surface area contributed by atoms with Crippen LogP contribution in [0, 0.1) is 23.5 Å². The molecule has 1 heterocycles. The van der Waals surface area contributed by atoms with Gasteiger partial charge in [0.25, 0.3) is 0 Å². The topological polar surface area (TPSA) is 77.9 Å². The number of halogens is 2. The molecule has 3 unspecified atom stereocenters. The Morgan fingerprint density at radius 3 is 2.79 bits per heavy atom. The fourth-order valence-corrected chi connectivity index (χ4v) is 3.17. The van der Waals surface area contributed by atoms with Crippen molar-refractivity contribution in [2.45, 2.75) is 19.9 Å². The lowest BCUT2D eigenvalue weighted by molar-refractivity contribution is 0.243. The molecule has 29 heavy (non-hydrogen) atoms. The van der Waals surface area contributed by atoms with Crippen molar-refractivity contribution in [2.75, 3.05) is 19.6 Å². The lowest BCUT2D eigenvalue weighted by atomic mass is 9.90. The summed E-state index contributed by atoms with van der Waals surface area (Å²) in [6, 6.07) is 3.21. The molecule has 0 saturated carbocycles. The van der Waals surface area contributed by atoms with Gasteiger partial charge in [0.1, 0.15) is 11.6 Å². The molecular formula is C21H25F2N5O. The number of carbonyl (C=O) groups excluding carboxylic acids is 1. The van der Waals surface area contributed by atoms with Gasteiger partial charge in [-0.05, 0) is 35.6 Å². The number of benzene rings is 1. The van der Waals surface area contributed by atoms with Crippen molar-refractivity contribution in [3.63, 3.8) is 0 Å². The number of hydrogen-bond acceptors (Lipinski definition) is 4. The van der Waals surface area contributed by atoms with Crippen LogP contribution < -0.4 is 16.0 Å². The van der Waals surface area contributed by atoms with Crippen molar-refractivity contribution in [1.82, 2.24) is 16.0 Å². The highest BCUT2D eigenvalue weighted by atomic mass is 19.1. The van der Waals surface area contributed by atoms with Crippen LogP contribution in [0.5, 0.6) is 0 Å². The Bertz CT molecular complexity index is 878. The molecule has 1 aromatic carbocycles. The molecule has 0 aromatic heterocycles. The molecule has 3 N–H and O–H groups in total. The minimum atomic E-state index is -0.598. The molecule has 1 aliphatic heterocycles. The normalized spacial score (nSPS) is 23.4. The quantitative estimate of drug-likeness (QED) is 0.635. The number of hydrogen-bond donors (Lipinski definition) is 3. The van der Waals surface area contributed by atoms with Gasteiger partial charge in [-0.25, -0.2) is 13.6 Å². The van der Waals surface area contributed by atoms with Crippen LogP contribution in [-0.2, 0) is 0 Å². The molecule has 8 heteroatoms. The summed E-state index contributed by atoms with van der Waals surface area (Å²) in [5.41, 5.74) is 1.07. The lowest BCUT2D eigenvalue weighted by Gasteiger charge is -2.25. The average Bonchev–Trinajstić information content (AvgIpc) is 2.67. The Labute approximate surface area is 168 Å². The summed E-state index contributed by atoms with van der Waals surface area (Å²) < 4.78 is 27.2. The zero-order valence-electron chi connectivity index (χ0n) is 16.5. The van der Waals surface area contributed by atoms with E-state index >= 15 is 0 Å². The van der Waals surface area contributed by atoms with Crippen molar-refractivity contribution in [1.29, 1.82) is 0 Å². The third-order valence-corrected chi connectivity index (χ3v) is 4.77. The molecule has 3 atom stereocenters. The van der Waals surface area contributed by atoms with Gasteiger partial charge in [-0.1, -0.05) is 32.1 Å². The van der Waals surface area contributed by atoms with Gasteiger partial charge >= 0.3 is 6.03 Å². The number of nitrogens with one attached hydrogen (secondary N) is 3. The van der Waals surface area contributed by atoms with Gasteiger partial charge in [0.05, 0.1) is 6.54 Å². The second-order valence-corrected chi connectivity index (χ2v) is 7.28. The van der Waals surface area contributed by atoms with E-state index in [2.05, 4.69) is 26.2 Å². The van der Waals surface area contributed by atoms with Crippen molar-refractivity contribution < 1.29 is 13.6 Å². The Morgan fingerprint density at radius 1 is 1.21 bits per heavy atom. The van der Waals surface area contributed by atoms with Gasteiger partial charge < -0.3 is 10.6 Å². The summed E-state index contributed by atoms with van der Waals surface area (Å²) >= 11 is 0. The van der Waals surface area contributed by atoms with E-state index in [0.717, 1.165) is 6.07 Å². The van der Waals surface area contributed by atoms with E-state index in [9.17, 15) is 13.6 Å². The molecule has 0 saturated heterocycles. The maximum absolute atomic E-state index is 14.1. The Hall–Kier alpha value is -2.87. The van der Waals surface area contributed by atoms with Gasteiger partial charge in [0.2, 0.25) is 0 Å². The van der Waals surface area contributed by atoms with E-state index in [4.69, 9.17) is 0 Å². The fourth-order valence-electron chi connectivity index (χ4n) is 3.17. The van der Waals surface area contributed by atoms with E-state index in [0.29, 0.717) is 36.6 Å². The third-order valence-electron chi connectivity index (χ3n) is 4.77. The number of amides is 2. The van der Waals surface area contributed by atoms with E-state index < -0.39 is 11.6 Å². The maximum atomic E-state index is 14.1. The number of urea groups is 1. The van der Waals surface area contributed by atoms with Crippen LogP contribution in [-0.4, -0.2) is 31.7 Å². The summed E-state index contributed by atoms with van der Waals surface area (Å²) in [5.74, 6) is -0.285. The second-order valence-electron chi connectivity index (χ2n) is 7.28. The van der Waals surface area contributed by atoms with Gasteiger partial charge in [0.15, 0.2) is 5.82 Å². The number of nitrogens with zero attached hydrogens (tertiary/aromatic N) is 2. The highest BCUT2D eigenvalue weighted by Crippen LogP contribution is 2.26. The van der Waals surface area contributed by atoms with Gasteiger partial charge in [-0.15, -0.1) is 5.11 Å². The minimum Gasteiger partial charge on any atom is -0.337 e. The highest BCUT2D eigenvalue weighted by Gasteiger charge is 2.19. The molecule has 3 rings (SSSR count). The van der Waals surface area contributed by atoms with Crippen LogP contribution in [0.2, 0.25) is 0 Å². The summed E-state index contributed by atoms with van der Waals surface area (Å²) in [4.78, 5) is 11.9. The van der Waals surface area contributed by atoms with Gasteiger partial charge in [0, 0.05) is 30.8 Å². The van der Waals surface area contributed by atoms with Crippen LogP contribution in [0.3, 0.4) is 0 Å². The van der Waals surface area contributed by atoms with Gasteiger partial charge in [-0.2, -0.15) is 5.11 Å². The number of azo groups is 1. The van der Waals surface area contributed by atoms with E-state index in [1.807, 2.05) is 38.2 Å². The summed E-state index contributed by atoms with van der Waals surface area (Å²) in [6.07, 6.45) is 7.62. The maximum Gasteiger partial charge on any atom is 0.320 e. The first-order valence-corrected chi connectivity index (χ1v) is 9.65. The molecule has 2 amide bonds. The largest absolute Gasteiger partial charge is 0.337 e. The standard InChI is InChI=1S/C21H25F2N5O/c1-13-9-20(28-26-12-13)27-21(29)25-8-7-24-19-10-15(4-3-14(19)2)17-6-5-16(22)11-18(17)23/h3-6,9-11,13-14,19,24H,7-8,12H2,1-2H3,(H2,25,27,29). The highest BCUT2D eigenvalue weighted by molar-refractivity contribution is 5.76. The van der Waals surface area contributed by atoms with Crippen LogP contribution in [0.15, 0.2) is 58.6 Å². The minimum absolute atomic E-state index is 0.0278. The Kier molecular flexibility index (Phi) is 6.87. The molecule has 154 valence electrons. The molecule has 0 fully saturated rings. The predicted octanol–water partition coefficient (Wildman–Crippen LogP) is 3.75. The zero-order valence-corrected chi connectivity index (χ0v) is 16.5. The zero-order chi connectivity index (χ0) is 20.8. The molecule has 1 aromatic rings. The monoisotopic (exact) mass is 401 g/mol. The first kappa shape index (κ1) is 20.9. The summed E-state index contributed by atoms with van der Waals surface area (Å²) in [7, 11) is 0. The second kappa shape index (κ2) is 9.56. The van der Waals surface area contributed by atoms with Crippen molar-refractivity contribution >= 4 is 11.6 Å². The predicted molar refractivity (Wildman–Crippen MR) is 108 cm³/mol. The molecule has 0 spiro atoms. The van der Waals surface area contributed by atoms with Crippen molar-refractivity contribution in [3.8, 4) is 0 Å². The smallest absolute Gasteiger partial charge is 0.320 e. The van der Waals surface area contributed by atoms with Crippen molar-refractivity contribution in [3.05, 3.63) is 65.5 Å². The first-order valence-electron chi connectivity index (χ1n) is 9.65. The lowest BCUT2D eigenvalue weighted by Crippen LogP contribution is -2.42. The SMILES string of the molecule is CC1C=C(NC(=O)NCCNC2C=C(c3ccc(F)cc3F)C=CC2C)N=NC1. The molecule has 2 aliphatic rings. The molecule has 0 radical (unpaired) electrons. The molecular weight excluding hydrogens is 376 g/mol. The first-order chi connectivity index (χ1) is 13.9. The number of allylic oxidation sites excluding steroid dienone is 2.